The Morgan fingerprint density at radius 2 is 2.09 bits per heavy atom. The van der Waals surface area contributed by atoms with Gasteiger partial charge in [-0.05, 0) is 67.5 Å². The highest BCUT2D eigenvalue weighted by Gasteiger charge is 2.07. The zero-order valence-corrected chi connectivity index (χ0v) is 14.3. The minimum atomic E-state index is -0.359. The molecule has 0 aliphatic rings. The summed E-state index contributed by atoms with van der Waals surface area (Å²) < 4.78 is 5.40. The van der Waals surface area contributed by atoms with Gasteiger partial charge in [-0.2, -0.15) is 0 Å². The topological polar surface area (TPSA) is 63.2 Å². The highest BCUT2D eigenvalue weighted by Crippen LogP contribution is 2.20. The number of ether oxygens (including phenoxy) is 1. The van der Waals surface area contributed by atoms with E-state index in [4.69, 9.17) is 28.6 Å². The van der Waals surface area contributed by atoms with E-state index in [0.717, 1.165) is 11.1 Å². The molecule has 5 nitrogen and oxygen atoms in total. The van der Waals surface area contributed by atoms with Crippen LogP contribution in [-0.2, 0) is 4.79 Å². The van der Waals surface area contributed by atoms with E-state index < -0.39 is 0 Å². The average Bonchev–Trinajstić information content (AvgIpc) is 2.48. The van der Waals surface area contributed by atoms with Gasteiger partial charge >= 0.3 is 0 Å². The minimum absolute atomic E-state index is 0.149. The Balaban J connectivity index is 1.82. The largest absolute Gasteiger partial charge is 0.484 e. The molecule has 1 heterocycles. The molecule has 0 radical (unpaired) electrons. The average molecular weight is 350 g/mol. The van der Waals surface area contributed by atoms with Crippen molar-refractivity contribution in [2.24, 2.45) is 0 Å². The van der Waals surface area contributed by atoms with Crippen molar-refractivity contribution in [2.75, 3.05) is 11.9 Å². The number of aromatic nitrogens is 1. The molecular weight excluding hydrogens is 334 g/mol. The fourth-order valence-electron chi connectivity index (χ4n) is 1.77. The molecule has 0 fully saturated rings. The van der Waals surface area contributed by atoms with Crippen LogP contribution in [0.1, 0.15) is 11.1 Å². The van der Waals surface area contributed by atoms with Gasteiger partial charge in [0, 0.05) is 11.2 Å². The molecule has 0 saturated carbocycles. The number of hydrogen-bond donors (Lipinski definition) is 2. The van der Waals surface area contributed by atoms with Gasteiger partial charge in [-0.3, -0.25) is 10.1 Å². The number of carbonyl (C=O) groups is 1. The van der Waals surface area contributed by atoms with Crippen LogP contribution in [0, 0.1) is 13.8 Å². The fraction of sp³-hybridized carbons (Fsp3) is 0.188. The molecule has 0 saturated heterocycles. The number of halogens is 1. The van der Waals surface area contributed by atoms with Crippen LogP contribution in [0.15, 0.2) is 36.5 Å². The van der Waals surface area contributed by atoms with Gasteiger partial charge in [0.25, 0.3) is 5.91 Å². The van der Waals surface area contributed by atoms with Gasteiger partial charge in [-0.25, -0.2) is 4.98 Å². The maximum Gasteiger partial charge on any atom is 0.264 e. The molecule has 0 bridgehead atoms. The van der Waals surface area contributed by atoms with Crippen molar-refractivity contribution < 1.29 is 9.53 Å². The summed E-state index contributed by atoms with van der Waals surface area (Å²) in [5, 5.41) is 6.20. The number of benzene rings is 1. The van der Waals surface area contributed by atoms with Crippen LogP contribution >= 0.6 is 23.8 Å². The Hall–Kier alpha value is -2.18. The first-order valence-corrected chi connectivity index (χ1v) is 7.65. The number of thiocarbonyl (C=S) groups is 1. The summed E-state index contributed by atoms with van der Waals surface area (Å²) in [7, 11) is 0. The molecule has 2 rings (SSSR count). The van der Waals surface area contributed by atoms with Crippen molar-refractivity contribution in [3.63, 3.8) is 0 Å². The van der Waals surface area contributed by atoms with E-state index in [-0.39, 0.29) is 17.6 Å². The SMILES string of the molecule is Cc1ccnc(NC(=S)NC(=O)COc2ccc(Cl)c(C)c2)c1. The number of aryl methyl sites for hydroxylation is 2. The van der Waals surface area contributed by atoms with Crippen molar-refractivity contribution in [1.29, 1.82) is 0 Å². The summed E-state index contributed by atoms with van der Waals surface area (Å²) in [4.78, 5) is 15.9. The third-order valence-electron chi connectivity index (χ3n) is 2.91. The number of rotatable bonds is 4. The van der Waals surface area contributed by atoms with Gasteiger partial charge < -0.3 is 10.1 Å². The highest BCUT2D eigenvalue weighted by atomic mass is 35.5. The van der Waals surface area contributed by atoms with Crippen molar-refractivity contribution in [1.82, 2.24) is 10.3 Å². The second-order valence-corrected chi connectivity index (χ2v) is 5.74. The molecule has 0 spiro atoms. The molecule has 1 amide bonds. The van der Waals surface area contributed by atoms with Crippen molar-refractivity contribution in [2.45, 2.75) is 13.8 Å². The van der Waals surface area contributed by atoms with E-state index in [1.165, 1.54) is 0 Å². The van der Waals surface area contributed by atoms with Gasteiger partial charge in [0.1, 0.15) is 11.6 Å². The molecule has 0 aliphatic carbocycles. The Kier molecular flexibility index (Phi) is 5.90. The van der Waals surface area contributed by atoms with E-state index in [2.05, 4.69) is 15.6 Å². The lowest BCUT2D eigenvalue weighted by Crippen LogP contribution is -2.37. The summed E-state index contributed by atoms with van der Waals surface area (Å²) in [5.74, 6) is 0.786. The van der Waals surface area contributed by atoms with Crippen LogP contribution in [0.4, 0.5) is 5.82 Å². The van der Waals surface area contributed by atoms with Gasteiger partial charge in [-0.1, -0.05) is 11.6 Å². The van der Waals surface area contributed by atoms with Crippen LogP contribution in [0.25, 0.3) is 0 Å². The first-order chi connectivity index (χ1) is 10.9. The quantitative estimate of drug-likeness (QED) is 0.830. The molecule has 120 valence electrons. The van der Waals surface area contributed by atoms with Gasteiger partial charge in [-0.15, -0.1) is 0 Å². The first-order valence-electron chi connectivity index (χ1n) is 6.86. The summed E-state index contributed by atoms with van der Waals surface area (Å²) >= 11 is 11.0. The van der Waals surface area contributed by atoms with E-state index in [0.29, 0.717) is 16.6 Å². The summed E-state index contributed by atoms with van der Waals surface area (Å²) in [6.07, 6.45) is 1.66. The molecule has 7 heteroatoms. The summed E-state index contributed by atoms with van der Waals surface area (Å²) in [6, 6.07) is 8.89. The Bertz CT molecular complexity index is 737. The third kappa shape index (κ3) is 5.50. The van der Waals surface area contributed by atoms with Crippen molar-refractivity contribution in [3.05, 3.63) is 52.7 Å². The monoisotopic (exact) mass is 349 g/mol. The molecule has 0 atom stereocenters. The third-order valence-corrected chi connectivity index (χ3v) is 3.54. The van der Waals surface area contributed by atoms with Crippen LogP contribution in [0.2, 0.25) is 5.02 Å². The number of carbonyl (C=O) groups excluding carboxylic acids is 1. The molecule has 1 aromatic carbocycles. The standard InChI is InChI=1S/C16H16ClN3O2S/c1-10-5-6-18-14(7-10)19-16(23)20-15(21)9-22-12-3-4-13(17)11(2)8-12/h3-8H,9H2,1-2H3,(H2,18,19,20,21,23). The van der Waals surface area contributed by atoms with Crippen LogP contribution < -0.4 is 15.4 Å². The van der Waals surface area contributed by atoms with Crippen LogP contribution in [-0.4, -0.2) is 22.6 Å². The second kappa shape index (κ2) is 7.89. The predicted molar refractivity (Wildman–Crippen MR) is 95.0 cm³/mol. The molecule has 2 N–H and O–H groups in total. The maximum atomic E-state index is 11.8. The smallest absolute Gasteiger partial charge is 0.264 e. The van der Waals surface area contributed by atoms with Crippen LogP contribution in [0.3, 0.4) is 0 Å². The van der Waals surface area contributed by atoms with Crippen molar-refractivity contribution >= 4 is 40.7 Å². The number of pyridine rings is 1. The van der Waals surface area contributed by atoms with Gasteiger partial charge in [0.2, 0.25) is 0 Å². The number of hydrogen-bond acceptors (Lipinski definition) is 4. The van der Waals surface area contributed by atoms with Crippen LogP contribution in [0.5, 0.6) is 5.75 Å². The van der Waals surface area contributed by atoms with E-state index >= 15 is 0 Å². The summed E-state index contributed by atoms with van der Waals surface area (Å²) in [6.45, 7) is 3.66. The zero-order chi connectivity index (χ0) is 16.8. The molecule has 0 unspecified atom stereocenters. The van der Waals surface area contributed by atoms with Gasteiger partial charge in [0.15, 0.2) is 11.7 Å². The number of nitrogens with zero attached hydrogens (tertiary/aromatic N) is 1. The Labute approximate surface area is 145 Å². The Morgan fingerprint density at radius 1 is 1.30 bits per heavy atom. The lowest BCUT2D eigenvalue weighted by molar-refractivity contribution is -0.121. The van der Waals surface area contributed by atoms with Crippen molar-refractivity contribution in [3.8, 4) is 5.75 Å². The second-order valence-electron chi connectivity index (χ2n) is 4.92. The first kappa shape index (κ1) is 17.2. The maximum absolute atomic E-state index is 11.8. The number of nitrogens with one attached hydrogen (secondary N) is 2. The lowest BCUT2D eigenvalue weighted by atomic mass is 10.2. The van der Waals surface area contributed by atoms with E-state index in [1.54, 1.807) is 24.4 Å². The number of amides is 1. The van der Waals surface area contributed by atoms with E-state index in [1.807, 2.05) is 26.0 Å². The fourth-order valence-corrected chi connectivity index (χ4v) is 2.11. The van der Waals surface area contributed by atoms with E-state index in [9.17, 15) is 4.79 Å². The summed E-state index contributed by atoms with van der Waals surface area (Å²) in [5.41, 5.74) is 1.92. The molecule has 0 aliphatic heterocycles. The Morgan fingerprint density at radius 3 is 2.78 bits per heavy atom. The minimum Gasteiger partial charge on any atom is -0.484 e. The molecule has 2 aromatic rings. The van der Waals surface area contributed by atoms with Gasteiger partial charge in [0.05, 0.1) is 0 Å². The number of anilines is 1. The highest BCUT2D eigenvalue weighted by molar-refractivity contribution is 7.80. The molecular formula is C16H16ClN3O2S. The zero-order valence-electron chi connectivity index (χ0n) is 12.7. The predicted octanol–water partition coefficient (Wildman–Crippen LogP) is 3.24. The lowest BCUT2D eigenvalue weighted by Gasteiger charge is -2.10. The molecule has 1 aromatic heterocycles. The normalized spacial score (nSPS) is 10.0. The molecule has 23 heavy (non-hydrogen) atoms.